The first kappa shape index (κ1) is 13.6. The Labute approximate surface area is 129 Å². The minimum atomic E-state index is -0.607. The Hall–Kier alpha value is -2.34. The van der Waals surface area contributed by atoms with Crippen LogP contribution in [-0.2, 0) is 11.3 Å². The Balaban J connectivity index is 1.63. The van der Waals surface area contributed by atoms with Crippen LogP contribution in [0.15, 0.2) is 57.4 Å². The molecule has 1 heterocycles. The zero-order valence-electron chi connectivity index (χ0n) is 10.9. The Kier molecular flexibility index (Phi) is 3.87. The second-order valence-corrected chi connectivity index (χ2v) is 5.23. The van der Waals surface area contributed by atoms with Crippen molar-refractivity contribution in [2.75, 3.05) is 5.32 Å². The molecule has 1 aromatic heterocycles. The van der Waals surface area contributed by atoms with Crippen LogP contribution in [0.4, 0.5) is 10.8 Å². The third kappa shape index (κ3) is 3.41. The van der Waals surface area contributed by atoms with Crippen LogP contribution in [0.25, 0.3) is 11.1 Å². The molecule has 6 heteroatoms. The molecule has 5 nitrogen and oxygen atoms in total. The van der Waals surface area contributed by atoms with Crippen molar-refractivity contribution in [3.63, 3.8) is 0 Å². The van der Waals surface area contributed by atoms with E-state index in [4.69, 9.17) is 9.15 Å². The lowest BCUT2D eigenvalue weighted by Crippen LogP contribution is -2.13. The number of carbonyl (C=O) groups is 1. The number of benzene rings is 2. The van der Waals surface area contributed by atoms with Crippen molar-refractivity contribution in [2.24, 2.45) is 0 Å². The van der Waals surface area contributed by atoms with Gasteiger partial charge in [0, 0.05) is 4.47 Å². The van der Waals surface area contributed by atoms with Gasteiger partial charge in [0.2, 0.25) is 0 Å². The normalized spacial score (nSPS) is 10.5. The summed E-state index contributed by atoms with van der Waals surface area (Å²) in [6.07, 6.45) is -0.607. The second kappa shape index (κ2) is 5.97. The molecule has 0 spiro atoms. The minimum Gasteiger partial charge on any atom is -0.444 e. The van der Waals surface area contributed by atoms with E-state index in [9.17, 15) is 4.79 Å². The van der Waals surface area contributed by atoms with Gasteiger partial charge in [-0.2, -0.15) is 4.98 Å². The van der Waals surface area contributed by atoms with Gasteiger partial charge in [-0.1, -0.05) is 46.3 Å². The van der Waals surface area contributed by atoms with Gasteiger partial charge >= 0.3 is 12.1 Å². The molecule has 0 saturated carbocycles. The molecule has 0 fully saturated rings. The highest BCUT2D eigenvalue weighted by Crippen LogP contribution is 2.22. The molecule has 0 radical (unpaired) electrons. The third-order valence-corrected chi connectivity index (χ3v) is 3.26. The van der Waals surface area contributed by atoms with Crippen molar-refractivity contribution in [3.8, 4) is 0 Å². The summed E-state index contributed by atoms with van der Waals surface area (Å²) in [7, 11) is 0. The monoisotopic (exact) mass is 346 g/mol. The molecular weight excluding hydrogens is 336 g/mol. The molecule has 0 atom stereocenters. The van der Waals surface area contributed by atoms with Gasteiger partial charge in [0.05, 0.1) is 0 Å². The maximum Gasteiger partial charge on any atom is 0.415 e. The molecule has 1 N–H and O–H groups in total. The summed E-state index contributed by atoms with van der Waals surface area (Å²) < 4.78 is 11.4. The fourth-order valence-electron chi connectivity index (χ4n) is 1.80. The zero-order chi connectivity index (χ0) is 14.7. The number of halogens is 1. The smallest absolute Gasteiger partial charge is 0.415 e. The minimum absolute atomic E-state index is 0.112. The van der Waals surface area contributed by atoms with E-state index in [0.29, 0.717) is 11.1 Å². The Bertz CT molecular complexity index is 771. The van der Waals surface area contributed by atoms with Gasteiger partial charge in [0.1, 0.15) is 12.1 Å². The first-order valence-corrected chi connectivity index (χ1v) is 7.04. The van der Waals surface area contributed by atoms with Crippen LogP contribution in [0, 0.1) is 0 Å². The number of hydrogen-bond acceptors (Lipinski definition) is 4. The van der Waals surface area contributed by atoms with Crippen LogP contribution >= 0.6 is 15.9 Å². The summed E-state index contributed by atoms with van der Waals surface area (Å²) in [4.78, 5) is 15.8. The molecule has 0 aliphatic rings. The molecular formula is C15H11BrN2O3. The number of hydrogen-bond donors (Lipinski definition) is 1. The molecule has 0 bridgehead atoms. The molecule has 21 heavy (non-hydrogen) atoms. The van der Waals surface area contributed by atoms with E-state index in [1.54, 1.807) is 12.1 Å². The van der Waals surface area contributed by atoms with E-state index in [1.165, 1.54) is 0 Å². The second-order valence-electron chi connectivity index (χ2n) is 4.32. The van der Waals surface area contributed by atoms with Crippen LogP contribution < -0.4 is 5.32 Å². The lowest BCUT2D eigenvalue weighted by atomic mass is 10.2. The van der Waals surface area contributed by atoms with E-state index in [0.717, 1.165) is 10.0 Å². The molecule has 1 amide bonds. The quantitative estimate of drug-likeness (QED) is 0.766. The number of ether oxygens (including phenoxy) is 1. The number of fused-ring (bicyclic) bond motifs is 1. The summed E-state index contributed by atoms with van der Waals surface area (Å²) in [6, 6.07) is 15.0. The van der Waals surface area contributed by atoms with Crippen molar-refractivity contribution >= 4 is 39.1 Å². The van der Waals surface area contributed by atoms with E-state index in [2.05, 4.69) is 26.2 Å². The van der Waals surface area contributed by atoms with E-state index < -0.39 is 6.09 Å². The van der Waals surface area contributed by atoms with Crippen LogP contribution in [-0.4, -0.2) is 11.1 Å². The number of oxazole rings is 1. The predicted molar refractivity (Wildman–Crippen MR) is 82.0 cm³/mol. The van der Waals surface area contributed by atoms with Gasteiger partial charge in [-0.25, -0.2) is 10.1 Å². The summed E-state index contributed by atoms with van der Waals surface area (Å²) in [5.41, 5.74) is 2.16. The topological polar surface area (TPSA) is 64.4 Å². The van der Waals surface area contributed by atoms with Crippen molar-refractivity contribution < 1.29 is 13.9 Å². The number of rotatable bonds is 3. The summed E-state index contributed by atoms with van der Waals surface area (Å²) in [5.74, 6) is 0. The van der Waals surface area contributed by atoms with Crippen LogP contribution in [0.3, 0.4) is 0 Å². The maximum absolute atomic E-state index is 11.7. The van der Waals surface area contributed by atoms with Gasteiger partial charge < -0.3 is 9.15 Å². The van der Waals surface area contributed by atoms with Crippen LogP contribution in [0.5, 0.6) is 0 Å². The lowest BCUT2D eigenvalue weighted by Gasteiger charge is -2.03. The molecule has 0 aliphatic heterocycles. The summed E-state index contributed by atoms with van der Waals surface area (Å²) in [5, 5.41) is 2.47. The maximum atomic E-state index is 11.7. The van der Waals surface area contributed by atoms with Crippen molar-refractivity contribution in [2.45, 2.75) is 6.61 Å². The van der Waals surface area contributed by atoms with Gasteiger partial charge in [-0.15, -0.1) is 0 Å². The number of nitrogens with one attached hydrogen (secondary N) is 1. The molecule has 0 saturated heterocycles. The number of anilines is 1. The highest BCUT2D eigenvalue weighted by molar-refractivity contribution is 9.10. The summed E-state index contributed by atoms with van der Waals surface area (Å²) in [6.45, 7) is 0.193. The van der Waals surface area contributed by atoms with Crippen molar-refractivity contribution in [3.05, 3.63) is 58.6 Å². The first-order chi connectivity index (χ1) is 10.2. The van der Waals surface area contributed by atoms with Crippen molar-refractivity contribution in [1.29, 1.82) is 0 Å². The average molecular weight is 347 g/mol. The molecule has 3 rings (SSSR count). The molecule has 2 aromatic carbocycles. The van der Waals surface area contributed by atoms with Crippen LogP contribution in [0.1, 0.15) is 5.56 Å². The Morgan fingerprint density at radius 3 is 2.86 bits per heavy atom. The average Bonchev–Trinajstić information content (AvgIpc) is 2.87. The van der Waals surface area contributed by atoms with Gasteiger partial charge in [-0.3, -0.25) is 0 Å². The third-order valence-electron chi connectivity index (χ3n) is 2.77. The highest BCUT2D eigenvalue weighted by atomic mass is 79.9. The van der Waals surface area contributed by atoms with E-state index in [-0.39, 0.29) is 12.6 Å². The first-order valence-electron chi connectivity index (χ1n) is 6.24. The Morgan fingerprint density at radius 1 is 1.24 bits per heavy atom. The molecule has 3 aromatic rings. The van der Waals surface area contributed by atoms with Crippen molar-refractivity contribution in [1.82, 2.24) is 4.98 Å². The predicted octanol–water partition coefficient (Wildman–Crippen LogP) is 4.34. The fraction of sp³-hybridized carbons (Fsp3) is 0.0667. The standard InChI is InChI=1S/C15H11BrN2O3/c16-11-6-7-13-12(8-11)17-14(21-13)18-15(19)20-9-10-4-2-1-3-5-10/h1-8H,9H2,(H,17,18,19). The zero-order valence-corrected chi connectivity index (χ0v) is 12.5. The molecule has 106 valence electrons. The Morgan fingerprint density at radius 2 is 2.05 bits per heavy atom. The van der Waals surface area contributed by atoms with Gasteiger partial charge in [0.15, 0.2) is 5.58 Å². The number of amides is 1. The number of aromatic nitrogens is 1. The molecule has 0 aliphatic carbocycles. The molecule has 0 unspecified atom stereocenters. The lowest BCUT2D eigenvalue weighted by molar-refractivity contribution is 0.154. The van der Waals surface area contributed by atoms with E-state index >= 15 is 0 Å². The fourth-order valence-corrected chi connectivity index (χ4v) is 2.15. The summed E-state index contributed by atoms with van der Waals surface area (Å²) >= 11 is 3.35. The van der Waals surface area contributed by atoms with E-state index in [1.807, 2.05) is 36.4 Å². The van der Waals surface area contributed by atoms with Gasteiger partial charge in [-0.05, 0) is 23.8 Å². The van der Waals surface area contributed by atoms with Crippen LogP contribution in [0.2, 0.25) is 0 Å². The van der Waals surface area contributed by atoms with Gasteiger partial charge in [0.25, 0.3) is 0 Å². The largest absolute Gasteiger partial charge is 0.444 e. The number of carbonyl (C=O) groups excluding carboxylic acids is 1. The SMILES string of the molecule is O=C(Nc1nc2cc(Br)ccc2o1)OCc1ccccc1. The highest BCUT2D eigenvalue weighted by Gasteiger charge is 2.10. The number of nitrogens with zero attached hydrogens (tertiary/aromatic N) is 1.